The number of halogens is 2. The monoisotopic (exact) mass is 209 g/mol. The van der Waals surface area contributed by atoms with Crippen LogP contribution in [-0.2, 0) is 12.6 Å². The van der Waals surface area contributed by atoms with Crippen molar-refractivity contribution in [1.82, 2.24) is 9.55 Å². The Kier molecular flexibility index (Phi) is 3.57. The van der Waals surface area contributed by atoms with Crippen LogP contribution < -0.4 is 5.73 Å². The lowest BCUT2D eigenvalue weighted by molar-refractivity contribution is 0.658. The zero-order valence-corrected chi connectivity index (χ0v) is 8.49. The molecular formula is C7H13Cl2N3. The molecule has 0 atom stereocenters. The van der Waals surface area contributed by atoms with Gasteiger partial charge >= 0.3 is 0 Å². The van der Waals surface area contributed by atoms with Crippen molar-refractivity contribution in [3.63, 3.8) is 0 Å². The van der Waals surface area contributed by atoms with E-state index in [4.69, 9.17) is 5.73 Å². The van der Waals surface area contributed by atoms with Gasteiger partial charge in [-0.25, -0.2) is 4.98 Å². The Morgan fingerprint density at radius 2 is 2.08 bits per heavy atom. The second-order valence-corrected chi connectivity index (χ2v) is 3.05. The van der Waals surface area contributed by atoms with Crippen LogP contribution in [0.15, 0.2) is 12.5 Å². The van der Waals surface area contributed by atoms with Crippen LogP contribution >= 0.6 is 24.8 Å². The van der Waals surface area contributed by atoms with Crippen molar-refractivity contribution in [3.05, 3.63) is 18.2 Å². The SMILES string of the molecule is Cl.Cl.Cn1cncc1C1(N)CC1. The summed E-state index contributed by atoms with van der Waals surface area (Å²) < 4.78 is 1.99. The van der Waals surface area contributed by atoms with E-state index >= 15 is 0 Å². The van der Waals surface area contributed by atoms with Crippen molar-refractivity contribution in [1.29, 1.82) is 0 Å². The Balaban J connectivity index is 0.000000605. The summed E-state index contributed by atoms with van der Waals surface area (Å²) >= 11 is 0. The first-order valence-electron chi connectivity index (χ1n) is 3.48. The van der Waals surface area contributed by atoms with E-state index < -0.39 is 0 Å². The van der Waals surface area contributed by atoms with E-state index in [0.717, 1.165) is 18.5 Å². The van der Waals surface area contributed by atoms with Crippen LogP contribution in [0.1, 0.15) is 18.5 Å². The Hall–Kier alpha value is -0.250. The Morgan fingerprint density at radius 1 is 1.50 bits per heavy atom. The molecule has 0 amide bonds. The summed E-state index contributed by atoms with van der Waals surface area (Å²) in [4.78, 5) is 4.01. The summed E-state index contributed by atoms with van der Waals surface area (Å²) in [5, 5.41) is 0. The summed E-state index contributed by atoms with van der Waals surface area (Å²) in [6.07, 6.45) is 5.86. The zero-order chi connectivity index (χ0) is 7.19. The molecule has 0 aromatic carbocycles. The number of nitrogens with zero attached hydrogens (tertiary/aromatic N) is 2. The van der Waals surface area contributed by atoms with E-state index in [1.54, 1.807) is 6.33 Å². The van der Waals surface area contributed by atoms with Gasteiger partial charge in [0.25, 0.3) is 0 Å². The van der Waals surface area contributed by atoms with Gasteiger partial charge in [-0.1, -0.05) is 0 Å². The smallest absolute Gasteiger partial charge is 0.0946 e. The second-order valence-electron chi connectivity index (χ2n) is 3.05. The number of imidazole rings is 1. The highest BCUT2D eigenvalue weighted by molar-refractivity contribution is 5.85. The van der Waals surface area contributed by atoms with Crippen LogP contribution in [0.3, 0.4) is 0 Å². The highest BCUT2D eigenvalue weighted by Crippen LogP contribution is 2.41. The number of rotatable bonds is 1. The van der Waals surface area contributed by atoms with Crippen molar-refractivity contribution >= 4 is 24.8 Å². The lowest BCUT2D eigenvalue weighted by Gasteiger charge is -2.07. The van der Waals surface area contributed by atoms with Gasteiger partial charge in [-0.15, -0.1) is 24.8 Å². The molecule has 1 aliphatic carbocycles. The van der Waals surface area contributed by atoms with Gasteiger partial charge in [-0.05, 0) is 12.8 Å². The molecule has 3 nitrogen and oxygen atoms in total. The van der Waals surface area contributed by atoms with E-state index in [1.165, 1.54) is 0 Å². The summed E-state index contributed by atoms with van der Waals surface area (Å²) in [5.41, 5.74) is 7.08. The maximum absolute atomic E-state index is 5.95. The third-order valence-corrected chi connectivity index (χ3v) is 2.12. The third-order valence-electron chi connectivity index (χ3n) is 2.12. The molecule has 0 unspecified atom stereocenters. The molecule has 0 bridgehead atoms. The molecule has 0 radical (unpaired) electrons. The molecule has 2 rings (SSSR count). The maximum Gasteiger partial charge on any atom is 0.0946 e. The Labute approximate surface area is 84.2 Å². The lowest BCUT2D eigenvalue weighted by Crippen LogP contribution is -2.21. The maximum atomic E-state index is 5.95. The minimum atomic E-state index is -0.0365. The molecule has 70 valence electrons. The fourth-order valence-electron chi connectivity index (χ4n) is 1.23. The largest absolute Gasteiger partial charge is 0.336 e. The van der Waals surface area contributed by atoms with Crippen molar-refractivity contribution in [2.24, 2.45) is 12.8 Å². The molecule has 1 heterocycles. The highest BCUT2D eigenvalue weighted by Gasteiger charge is 2.42. The summed E-state index contributed by atoms with van der Waals surface area (Å²) in [6, 6.07) is 0. The lowest BCUT2D eigenvalue weighted by atomic mass is 10.2. The molecule has 5 heteroatoms. The average Bonchev–Trinajstić information content (AvgIpc) is 2.44. The van der Waals surface area contributed by atoms with Gasteiger partial charge in [0.2, 0.25) is 0 Å². The number of nitrogens with two attached hydrogens (primary N) is 1. The highest BCUT2D eigenvalue weighted by atomic mass is 35.5. The van der Waals surface area contributed by atoms with Gasteiger partial charge in [0.1, 0.15) is 0 Å². The fourth-order valence-corrected chi connectivity index (χ4v) is 1.23. The number of aryl methyl sites for hydroxylation is 1. The molecule has 0 saturated heterocycles. The normalized spacial score (nSPS) is 17.5. The average molecular weight is 210 g/mol. The minimum absolute atomic E-state index is 0. The van der Waals surface area contributed by atoms with Crippen LogP contribution in [0.4, 0.5) is 0 Å². The van der Waals surface area contributed by atoms with E-state index in [0.29, 0.717) is 0 Å². The molecule has 1 saturated carbocycles. The molecule has 12 heavy (non-hydrogen) atoms. The quantitative estimate of drug-likeness (QED) is 0.757. The molecular weight excluding hydrogens is 197 g/mol. The molecule has 1 fully saturated rings. The van der Waals surface area contributed by atoms with Crippen molar-refractivity contribution in [2.75, 3.05) is 0 Å². The molecule has 1 aliphatic rings. The van der Waals surface area contributed by atoms with Crippen LogP contribution in [0.5, 0.6) is 0 Å². The van der Waals surface area contributed by atoms with E-state index in [1.807, 2.05) is 17.8 Å². The van der Waals surface area contributed by atoms with Gasteiger partial charge in [0.05, 0.1) is 17.6 Å². The zero-order valence-electron chi connectivity index (χ0n) is 6.86. The summed E-state index contributed by atoms with van der Waals surface area (Å²) in [5.74, 6) is 0. The molecule has 0 aliphatic heterocycles. The second kappa shape index (κ2) is 3.64. The Morgan fingerprint density at radius 3 is 2.42 bits per heavy atom. The first-order valence-corrected chi connectivity index (χ1v) is 3.48. The number of hydrogen-bond donors (Lipinski definition) is 1. The van der Waals surface area contributed by atoms with Crippen LogP contribution in [0.2, 0.25) is 0 Å². The van der Waals surface area contributed by atoms with E-state index in [9.17, 15) is 0 Å². The molecule has 2 N–H and O–H groups in total. The van der Waals surface area contributed by atoms with Crippen LogP contribution in [-0.4, -0.2) is 9.55 Å². The first kappa shape index (κ1) is 11.8. The fraction of sp³-hybridized carbons (Fsp3) is 0.571. The standard InChI is InChI=1S/C7H11N3.2ClH/c1-10-5-9-4-6(10)7(8)2-3-7;;/h4-5H,2-3,8H2,1H3;2*1H. The summed E-state index contributed by atoms with van der Waals surface area (Å²) in [6.45, 7) is 0. The van der Waals surface area contributed by atoms with Crippen LogP contribution in [0.25, 0.3) is 0 Å². The summed E-state index contributed by atoms with van der Waals surface area (Å²) in [7, 11) is 1.98. The molecule has 1 aromatic heterocycles. The predicted molar refractivity (Wildman–Crippen MR) is 52.8 cm³/mol. The minimum Gasteiger partial charge on any atom is -0.336 e. The van der Waals surface area contributed by atoms with Crippen LogP contribution in [0, 0.1) is 0 Å². The first-order chi connectivity index (χ1) is 4.72. The van der Waals surface area contributed by atoms with Gasteiger partial charge < -0.3 is 10.3 Å². The third kappa shape index (κ3) is 1.73. The number of aromatic nitrogens is 2. The van der Waals surface area contributed by atoms with Crippen molar-refractivity contribution < 1.29 is 0 Å². The Bertz CT molecular complexity index is 255. The van der Waals surface area contributed by atoms with Gasteiger partial charge in [0.15, 0.2) is 0 Å². The molecule has 0 spiro atoms. The van der Waals surface area contributed by atoms with Gasteiger partial charge in [-0.3, -0.25) is 0 Å². The van der Waals surface area contributed by atoms with Crippen molar-refractivity contribution in [3.8, 4) is 0 Å². The number of hydrogen-bond acceptors (Lipinski definition) is 2. The van der Waals surface area contributed by atoms with E-state index in [-0.39, 0.29) is 30.4 Å². The predicted octanol–water partition coefficient (Wildman–Crippen LogP) is 1.21. The topological polar surface area (TPSA) is 43.8 Å². The van der Waals surface area contributed by atoms with Gasteiger partial charge in [0, 0.05) is 13.2 Å². The molecule has 1 aromatic rings. The van der Waals surface area contributed by atoms with E-state index in [2.05, 4.69) is 4.98 Å². The van der Waals surface area contributed by atoms with Crippen molar-refractivity contribution in [2.45, 2.75) is 18.4 Å². The van der Waals surface area contributed by atoms with Gasteiger partial charge in [-0.2, -0.15) is 0 Å².